The Hall–Kier alpha value is -7.72. The van der Waals surface area contributed by atoms with Crippen molar-refractivity contribution in [2.24, 2.45) is 0 Å². The first kappa shape index (κ1) is 39.4. The van der Waals surface area contributed by atoms with Crippen LogP contribution < -0.4 is 4.90 Å². The molecular formula is C60H46N2S. The summed E-state index contributed by atoms with van der Waals surface area (Å²) in [4.78, 5) is 2.35. The Kier molecular flexibility index (Phi) is 10.6. The first-order valence-electron chi connectivity index (χ1n) is 21.5. The molecule has 10 rings (SSSR count). The van der Waals surface area contributed by atoms with Crippen molar-refractivity contribution >= 4 is 88.0 Å². The van der Waals surface area contributed by atoms with Crippen LogP contribution in [-0.4, -0.2) is 4.57 Å². The van der Waals surface area contributed by atoms with Crippen LogP contribution >= 0.6 is 11.3 Å². The fraction of sp³-hybridized carbons (Fsp3) is 0.0333. The molecule has 0 amide bonds. The molecule has 0 saturated carbocycles. The van der Waals surface area contributed by atoms with E-state index in [9.17, 15) is 0 Å². The molecule has 8 aromatic carbocycles. The fourth-order valence-electron chi connectivity index (χ4n) is 9.09. The van der Waals surface area contributed by atoms with E-state index >= 15 is 0 Å². The van der Waals surface area contributed by atoms with Crippen LogP contribution in [0.15, 0.2) is 219 Å². The number of thiophene rings is 1. The summed E-state index contributed by atoms with van der Waals surface area (Å²) in [5, 5.41) is 6.21. The van der Waals surface area contributed by atoms with Gasteiger partial charge in [0, 0.05) is 59.3 Å². The molecule has 0 radical (unpaired) electrons. The molecule has 0 aliphatic heterocycles. The number of allylic oxidation sites excluding steroid dienone is 6. The second kappa shape index (κ2) is 17.0. The summed E-state index contributed by atoms with van der Waals surface area (Å²) in [5.74, 6) is 0. The van der Waals surface area contributed by atoms with Crippen LogP contribution in [0.2, 0.25) is 0 Å². The molecule has 302 valence electrons. The largest absolute Gasteiger partial charge is 0.311 e. The van der Waals surface area contributed by atoms with Crippen molar-refractivity contribution in [2.45, 2.75) is 13.8 Å². The molecule has 63 heavy (non-hydrogen) atoms. The molecule has 2 nitrogen and oxygen atoms in total. The summed E-state index contributed by atoms with van der Waals surface area (Å²) in [5.41, 5.74) is 14.8. The summed E-state index contributed by atoms with van der Waals surface area (Å²) < 4.78 is 5.02. The second-order valence-electron chi connectivity index (χ2n) is 15.7. The van der Waals surface area contributed by atoms with E-state index in [2.05, 4.69) is 237 Å². The highest BCUT2D eigenvalue weighted by Crippen LogP contribution is 2.43. The van der Waals surface area contributed by atoms with Gasteiger partial charge < -0.3 is 9.47 Å². The number of rotatable bonds is 11. The molecule has 0 unspecified atom stereocenters. The van der Waals surface area contributed by atoms with E-state index in [-0.39, 0.29) is 0 Å². The highest BCUT2D eigenvalue weighted by atomic mass is 32.1. The average Bonchev–Trinajstić information content (AvgIpc) is 3.87. The van der Waals surface area contributed by atoms with E-state index in [0.29, 0.717) is 0 Å². The van der Waals surface area contributed by atoms with Gasteiger partial charge in [-0.1, -0.05) is 153 Å². The van der Waals surface area contributed by atoms with Crippen molar-refractivity contribution in [3.8, 4) is 27.9 Å². The molecule has 10 aromatic rings. The van der Waals surface area contributed by atoms with Gasteiger partial charge in [-0.25, -0.2) is 0 Å². The molecule has 0 saturated heterocycles. The van der Waals surface area contributed by atoms with E-state index in [1.165, 1.54) is 58.5 Å². The van der Waals surface area contributed by atoms with Gasteiger partial charge in [-0.15, -0.1) is 11.3 Å². The number of aromatic nitrogens is 1. The number of nitrogens with zero attached hydrogens (tertiary/aromatic N) is 2. The molecule has 0 aliphatic carbocycles. The standard InChI is InChI=1S/C60H46N2S/c1-5-9-18-41(7-3)42-25-32-47(33-26-42)61(48-34-27-43(28-35-48)45-31-38-59-55(39-45)52-22-15-16-24-58(52)63-59)49-36-29-44(30-37-49)54-40-56-50(8-4)57(17-6-2)62(46-19-11-10-12-20-46)60(56)53-23-14-13-21-51(53)54/h5-40H,1,4H2,2-3H3/b17-6-,18-9-,41-7+. The maximum Gasteiger partial charge on any atom is 0.0619 e. The number of anilines is 3. The molecule has 0 atom stereocenters. The van der Waals surface area contributed by atoms with Crippen molar-refractivity contribution in [2.75, 3.05) is 4.90 Å². The number of para-hydroxylation sites is 1. The van der Waals surface area contributed by atoms with E-state index in [1.807, 2.05) is 29.6 Å². The van der Waals surface area contributed by atoms with Crippen LogP contribution in [0.3, 0.4) is 0 Å². The quantitative estimate of drug-likeness (QED) is 0.118. The predicted molar refractivity (Wildman–Crippen MR) is 277 cm³/mol. The summed E-state index contributed by atoms with van der Waals surface area (Å²) in [7, 11) is 0. The molecule has 0 aliphatic rings. The maximum absolute atomic E-state index is 4.32. The van der Waals surface area contributed by atoms with Gasteiger partial charge >= 0.3 is 0 Å². The van der Waals surface area contributed by atoms with Gasteiger partial charge in [0.05, 0.1) is 11.2 Å². The van der Waals surface area contributed by atoms with Crippen molar-refractivity contribution in [1.29, 1.82) is 0 Å². The van der Waals surface area contributed by atoms with Crippen molar-refractivity contribution in [3.63, 3.8) is 0 Å². The van der Waals surface area contributed by atoms with Crippen LogP contribution in [0, 0.1) is 0 Å². The van der Waals surface area contributed by atoms with E-state index in [0.717, 1.165) is 50.7 Å². The fourth-order valence-corrected chi connectivity index (χ4v) is 10.2. The van der Waals surface area contributed by atoms with Crippen molar-refractivity contribution in [3.05, 3.63) is 236 Å². The van der Waals surface area contributed by atoms with Gasteiger partial charge in [-0.3, -0.25) is 0 Å². The number of benzene rings is 8. The topological polar surface area (TPSA) is 8.17 Å². The lowest BCUT2D eigenvalue weighted by atomic mass is 9.94. The molecule has 3 heteroatoms. The van der Waals surface area contributed by atoms with Gasteiger partial charge in [0.25, 0.3) is 0 Å². The predicted octanol–water partition coefficient (Wildman–Crippen LogP) is 17.8. The highest BCUT2D eigenvalue weighted by Gasteiger charge is 2.21. The maximum atomic E-state index is 4.32. The minimum atomic E-state index is 1.07. The summed E-state index contributed by atoms with van der Waals surface area (Å²) >= 11 is 1.85. The molecule has 0 bridgehead atoms. The second-order valence-corrected chi connectivity index (χ2v) is 16.7. The highest BCUT2D eigenvalue weighted by molar-refractivity contribution is 7.25. The van der Waals surface area contributed by atoms with Crippen LogP contribution in [0.25, 0.3) is 87.5 Å². The SMILES string of the molecule is C=C/C=C\C(=C/C)c1ccc(N(c2ccc(-c3ccc4sc5ccccc5c4c3)cc2)c2ccc(-c3cc4c(C=C)c(/C=C\C)n(-c5ccccc5)c4c4ccccc34)cc2)cc1. The minimum Gasteiger partial charge on any atom is -0.311 e. The Morgan fingerprint density at radius 2 is 1.16 bits per heavy atom. The van der Waals surface area contributed by atoms with Crippen LogP contribution in [0.5, 0.6) is 0 Å². The summed E-state index contributed by atoms with van der Waals surface area (Å²) in [6.07, 6.45) is 14.3. The first-order valence-corrected chi connectivity index (χ1v) is 22.3. The Balaban J connectivity index is 1.08. The number of hydrogen-bond donors (Lipinski definition) is 0. The number of fused-ring (bicyclic) bond motifs is 6. The zero-order valence-electron chi connectivity index (χ0n) is 35.5. The molecule has 0 fully saturated rings. The molecule has 2 aromatic heterocycles. The van der Waals surface area contributed by atoms with Crippen LogP contribution in [0.1, 0.15) is 30.7 Å². The lowest BCUT2D eigenvalue weighted by molar-refractivity contribution is 1.11. The van der Waals surface area contributed by atoms with Crippen molar-refractivity contribution < 1.29 is 0 Å². The van der Waals surface area contributed by atoms with Gasteiger partial charge in [0.1, 0.15) is 0 Å². The molecule has 2 heterocycles. The average molecular weight is 827 g/mol. The Labute approximate surface area is 373 Å². The normalized spacial score (nSPS) is 12.1. The zero-order valence-corrected chi connectivity index (χ0v) is 36.3. The smallest absolute Gasteiger partial charge is 0.0619 e. The van der Waals surface area contributed by atoms with E-state index < -0.39 is 0 Å². The third-order valence-corrected chi connectivity index (χ3v) is 13.2. The Morgan fingerprint density at radius 3 is 1.83 bits per heavy atom. The first-order chi connectivity index (χ1) is 31.1. The van der Waals surface area contributed by atoms with Gasteiger partial charge in [-0.05, 0) is 131 Å². The van der Waals surface area contributed by atoms with Gasteiger partial charge in [0.2, 0.25) is 0 Å². The lowest BCUT2D eigenvalue weighted by Crippen LogP contribution is -2.10. The summed E-state index contributed by atoms with van der Waals surface area (Å²) in [6.45, 7) is 12.3. The minimum absolute atomic E-state index is 1.07. The van der Waals surface area contributed by atoms with E-state index in [4.69, 9.17) is 0 Å². The number of hydrogen-bond acceptors (Lipinski definition) is 2. The van der Waals surface area contributed by atoms with Gasteiger partial charge in [-0.2, -0.15) is 0 Å². The summed E-state index contributed by atoms with van der Waals surface area (Å²) in [6, 6.07) is 64.2. The zero-order chi connectivity index (χ0) is 42.9. The third-order valence-electron chi connectivity index (χ3n) is 12.0. The Bertz CT molecular complexity index is 3410. The monoisotopic (exact) mass is 826 g/mol. The van der Waals surface area contributed by atoms with E-state index in [1.54, 1.807) is 0 Å². The molecule has 0 spiro atoms. The van der Waals surface area contributed by atoms with Crippen LogP contribution in [-0.2, 0) is 0 Å². The Morgan fingerprint density at radius 1 is 0.556 bits per heavy atom. The third kappa shape index (κ3) is 7.13. The van der Waals surface area contributed by atoms with Crippen molar-refractivity contribution in [1.82, 2.24) is 4.57 Å². The molecule has 0 N–H and O–H groups in total. The lowest BCUT2D eigenvalue weighted by Gasteiger charge is -2.26. The molecular weight excluding hydrogens is 781 g/mol. The van der Waals surface area contributed by atoms with Crippen LogP contribution in [0.4, 0.5) is 17.1 Å². The van der Waals surface area contributed by atoms with Gasteiger partial charge in [0.15, 0.2) is 0 Å².